The first-order valence-corrected chi connectivity index (χ1v) is 8.42. The van der Waals surface area contributed by atoms with E-state index in [0.29, 0.717) is 18.7 Å². The first-order chi connectivity index (χ1) is 11.2. The summed E-state index contributed by atoms with van der Waals surface area (Å²) in [5, 5.41) is 2.66. The molecule has 1 N–H and O–H groups in total. The van der Waals surface area contributed by atoms with Crippen LogP contribution < -0.4 is 10.1 Å². The van der Waals surface area contributed by atoms with Crippen molar-refractivity contribution in [2.75, 3.05) is 20.2 Å². The Morgan fingerprint density at radius 2 is 2.00 bits per heavy atom. The summed E-state index contributed by atoms with van der Waals surface area (Å²) in [6.07, 6.45) is 4.75. The van der Waals surface area contributed by atoms with Crippen LogP contribution in [0.5, 0.6) is 5.75 Å². The summed E-state index contributed by atoms with van der Waals surface area (Å²) in [6.45, 7) is 3.44. The van der Waals surface area contributed by atoms with E-state index < -0.39 is 0 Å². The number of nitrogens with zero attached hydrogens (tertiary/aromatic N) is 1. The lowest BCUT2D eigenvalue weighted by atomic mass is 10.00. The molecule has 5 nitrogen and oxygen atoms in total. The van der Waals surface area contributed by atoms with Crippen LogP contribution in [0.4, 0.5) is 0 Å². The highest BCUT2D eigenvalue weighted by molar-refractivity contribution is 5.97. The quantitative estimate of drug-likeness (QED) is 0.820. The highest BCUT2D eigenvalue weighted by Crippen LogP contribution is 2.21. The fourth-order valence-electron chi connectivity index (χ4n) is 2.81. The second-order valence-corrected chi connectivity index (χ2v) is 5.85. The van der Waals surface area contributed by atoms with Gasteiger partial charge in [0, 0.05) is 19.2 Å². The zero-order valence-electron chi connectivity index (χ0n) is 14.0. The van der Waals surface area contributed by atoms with E-state index in [0.717, 1.165) is 37.9 Å². The smallest absolute Gasteiger partial charge is 0.254 e. The maximum atomic E-state index is 12.7. The molecular formula is C18H26N2O3. The number of piperidine rings is 1. The second kappa shape index (κ2) is 8.56. The van der Waals surface area contributed by atoms with Gasteiger partial charge < -0.3 is 15.0 Å². The molecule has 5 heteroatoms. The zero-order chi connectivity index (χ0) is 16.7. The van der Waals surface area contributed by atoms with Gasteiger partial charge in [0.05, 0.1) is 6.61 Å². The molecule has 1 heterocycles. The van der Waals surface area contributed by atoms with Gasteiger partial charge >= 0.3 is 0 Å². The van der Waals surface area contributed by atoms with Gasteiger partial charge in [-0.25, -0.2) is 0 Å². The third-order valence-corrected chi connectivity index (χ3v) is 4.18. The topological polar surface area (TPSA) is 58.6 Å². The molecule has 1 aromatic rings. The van der Waals surface area contributed by atoms with Gasteiger partial charge in [0.15, 0.2) is 0 Å². The first kappa shape index (κ1) is 17.3. The van der Waals surface area contributed by atoms with Crippen LogP contribution in [0.2, 0.25) is 0 Å². The van der Waals surface area contributed by atoms with Crippen LogP contribution in [0.1, 0.15) is 49.4 Å². The number of rotatable bonds is 6. The van der Waals surface area contributed by atoms with Gasteiger partial charge in [-0.2, -0.15) is 0 Å². The SMILES string of the molecule is CCCCOc1ccc(C(=O)N2CCCC[C@H]2C(=O)NC)cc1. The molecule has 1 fully saturated rings. The van der Waals surface area contributed by atoms with Gasteiger partial charge in [-0.15, -0.1) is 0 Å². The van der Waals surface area contributed by atoms with E-state index in [4.69, 9.17) is 4.74 Å². The highest BCUT2D eigenvalue weighted by Gasteiger charge is 2.31. The Balaban J connectivity index is 2.04. The average molecular weight is 318 g/mol. The summed E-state index contributed by atoms with van der Waals surface area (Å²) < 4.78 is 5.61. The van der Waals surface area contributed by atoms with Crippen molar-refractivity contribution in [2.24, 2.45) is 0 Å². The second-order valence-electron chi connectivity index (χ2n) is 5.85. The highest BCUT2D eigenvalue weighted by atomic mass is 16.5. The molecule has 0 unspecified atom stereocenters. The fourth-order valence-corrected chi connectivity index (χ4v) is 2.81. The summed E-state index contributed by atoms with van der Waals surface area (Å²) in [5.41, 5.74) is 0.601. The lowest BCUT2D eigenvalue weighted by Gasteiger charge is -2.34. The number of nitrogens with one attached hydrogen (secondary N) is 1. The van der Waals surface area contributed by atoms with Crippen LogP contribution in [0, 0.1) is 0 Å². The van der Waals surface area contributed by atoms with E-state index in [1.54, 1.807) is 24.1 Å². The number of amides is 2. The molecule has 23 heavy (non-hydrogen) atoms. The number of likely N-dealkylation sites (N-methyl/N-ethyl adjacent to an activating group) is 1. The van der Waals surface area contributed by atoms with Gasteiger partial charge in [0.25, 0.3) is 5.91 Å². The lowest BCUT2D eigenvalue weighted by Crippen LogP contribution is -2.51. The Bertz CT molecular complexity index is 528. The van der Waals surface area contributed by atoms with Crippen LogP contribution in [0.15, 0.2) is 24.3 Å². The van der Waals surface area contributed by atoms with Crippen LogP contribution in [0.3, 0.4) is 0 Å². The van der Waals surface area contributed by atoms with Crippen molar-refractivity contribution < 1.29 is 14.3 Å². The number of benzene rings is 1. The lowest BCUT2D eigenvalue weighted by molar-refractivity contribution is -0.126. The summed E-state index contributed by atoms with van der Waals surface area (Å²) in [7, 11) is 1.61. The van der Waals surface area contributed by atoms with E-state index in [1.165, 1.54) is 0 Å². The van der Waals surface area contributed by atoms with Crippen molar-refractivity contribution in [3.63, 3.8) is 0 Å². The van der Waals surface area contributed by atoms with Crippen molar-refractivity contribution in [1.82, 2.24) is 10.2 Å². The van der Waals surface area contributed by atoms with Crippen molar-refractivity contribution in [3.05, 3.63) is 29.8 Å². The molecule has 1 aromatic carbocycles. The number of likely N-dealkylation sites (tertiary alicyclic amines) is 1. The van der Waals surface area contributed by atoms with Gasteiger partial charge in [0.2, 0.25) is 5.91 Å². The maximum Gasteiger partial charge on any atom is 0.254 e. The van der Waals surface area contributed by atoms with Crippen molar-refractivity contribution in [3.8, 4) is 5.75 Å². The predicted molar refractivity (Wildman–Crippen MR) is 89.6 cm³/mol. The first-order valence-electron chi connectivity index (χ1n) is 8.42. The monoisotopic (exact) mass is 318 g/mol. The molecule has 2 amide bonds. The van der Waals surface area contributed by atoms with Crippen LogP contribution >= 0.6 is 0 Å². The van der Waals surface area contributed by atoms with Crippen LogP contribution in [-0.4, -0.2) is 43.0 Å². The number of hydrogen-bond donors (Lipinski definition) is 1. The Labute approximate surface area is 138 Å². The molecule has 126 valence electrons. The van der Waals surface area contributed by atoms with Gasteiger partial charge in [-0.3, -0.25) is 9.59 Å². The van der Waals surface area contributed by atoms with Gasteiger partial charge in [0.1, 0.15) is 11.8 Å². The fraction of sp³-hybridized carbons (Fsp3) is 0.556. The van der Waals surface area contributed by atoms with Crippen molar-refractivity contribution >= 4 is 11.8 Å². The predicted octanol–water partition coefficient (Wildman–Crippen LogP) is 2.61. The molecule has 0 spiro atoms. The molecule has 0 radical (unpaired) electrons. The molecular weight excluding hydrogens is 292 g/mol. The minimum Gasteiger partial charge on any atom is -0.494 e. The van der Waals surface area contributed by atoms with E-state index in [-0.39, 0.29) is 17.9 Å². The molecule has 1 aliphatic rings. The number of unbranched alkanes of at least 4 members (excludes halogenated alkanes) is 1. The van der Waals surface area contributed by atoms with Crippen molar-refractivity contribution in [2.45, 2.75) is 45.1 Å². The number of carbonyl (C=O) groups is 2. The molecule has 1 atom stereocenters. The van der Waals surface area contributed by atoms with Gasteiger partial charge in [-0.05, 0) is 49.9 Å². The number of hydrogen-bond acceptors (Lipinski definition) is 3. The average Bonchev–Trinajstić information content (AvgIpc) is 2.61. The normalized spacial score (nSPS) is 17.7. The largest absolute Gasteiger partial charge is 0.494 e. The van der Waals surface area contributed by atoms with E-state index >= 15 is 0 Å². The molecule has 1 saturated heterocycles. The van der Waals surface area contributed by atoms with Crippen LogP contribution in [0.25, 0.3) is 0 Å². The Morgan fingerprint density at radius 1 is 1.26 bits per heavy atom. The molecule has 0 saturated carbocycles. The third-order valence-electron chi connectivity index (χ3n) is 4.18. The summed E-state index contributed by atoms with van der Waals surface area (Å²) in [5.74, 6) is 0.604. The molecule has 0 bridgehead atoms. The van der Waals surface area contributed by atoms with Gasteiger partial charge in [-0.1, -0.05) is 13.3 Å². The number of ether oxygens (including phenoxy) is 1. The molecule has 0 aromatic heterocycles. The molecule has 0 aliphatic carbocycles. The van der Waals surface area contributed by atoms with E-state index in [1.807, 2.05) is 12.1 Å². The third kappa shape index (κ3) is 4.47. The summed E-state index contributed by atoms with van der Waals surface area (Å²) in [6, 6.07) is 6.84. The summed E-state index contributed by atoms with van der Waals surface area (Å²) in [4.78, 5) is 26.4. The zero-order valence-corrected chi connectivity index (χ0v) is 14.0. The van der Waals surface area contributed by atoms with E-state index in [2.05, 4.69) is 12.2 Å². The standard InChI is InChI=1S/C18H26N2O3/c1-3-4-13-23-15-10-8-14(9-11-15)18(22)20-12-6-5-7-16(20)17(21)19-2/h8-11,16H,3-7,12-13H2,1-2H3,(H,19,21)/t16-/m0/s1. The molecule has 2 rings (SSSR count). The minimum absolute atomic E-state index is 0.0848. The Kier molecular flexibility index (Phi) is 6.44. The van der Waals surface area contributed by atoms with E-state index in [9.17, 15) is 9.59 Å². The minimum atomic E-state index is -0.360. The Morgan fingerprint density at radius 3 is 2.65 bits per heavy atom. The van der Waals surface area contributed by atoms with Crippen molar-refractivity contribution in [1.29, 1.82) is 0 Å². The molecule has 1 aliphatic heterocycles. The number of carbonyl (C=O) groups excluding carboxylic acids is 2. The maximum absolute atomic E-state index is 12.7. The summed E-state index contributed by atoms with van der Waals surface area (Å²) >= 11 is 0. The van der Waals surface area contributed by atoms with Crippen LogP contribution in [-0.2, 0) is 4.79 Å². The Hall–Kier alpha value is -2.04.